The summed E-state index contributed by atoms with van der Waals surface area (Å²) in [5.41, 5.74) is 0. The van der Waals surface area contributed by atoms with Crippen LogP contribution >= 0.6 is 0 Å². The van der Waals surface area contributed by atoms with E-state index in [-0.39, 0.29) is 6.61 Å². The van der Waals surface area contributed by atoms with Crippen molar-refractivity contribution in [2.75, 3.05) is 13.2 Å². The second kappa shape index (κ2) is 4.03. The number of halogens is 3. The molecule has 0 spiro atoms. The minimum absolute atomic E-state index is 0.167. The zero-order valence-electron chi connectivity index (χ0n) is 6.41. The van der Waals surface area contributed by atoms with Gasteiger partial charge in [-0.05, 0) is 0 Å². The lowest BCUT2D eigenvalue weighted by Gasteiger charge is -2.11. The van der Waals surface area contributed by atoms with Crippen molar-refractivity contribution in [1.82, 2.24) is 0 Å². The molecule has 1 heterocycles. The highest BCUT2D eigenvalue weighted by Gasteiger charge is 2.33. The maximum absolute atomic E-state index is 11.6. The number of hydrogen-bond donors (Lipinski definition) is 0. The molecule has 0 radical (unpaired) electrons. The average Bonchev–Trinajstić information content (AvgIpc) is 2.47. The molecule has 1 rings (SSSR count). The Morgan fingerprint density at radius 2 is 2.23 bits per heavy atom. The van der Waals surface area contributed by atoms with Crippen molar-refractivity contribution in [2.45, 2.75) is 18.8 Å². The van der Waals surface area contributed by atoms with Gasteiger partial charge in [0.05, 0.1) is 0 Å². The van der Waals surface area contributed by atoms with E-state index in [1.165, 1.54) is 0 Å². The lowest BCUT2D eigenvalue weighted by atomic mass is 10.6. The normalized spacial score (nSPS) is 29.2. The summed E-state index contributed by atoms with van der Waals surface area (Å²) in [7, 11) is 0. The molecule has 2 unspecified atom stereocenters. The Hall–Kier alpha value is -0.660. The summed E-state index contributed by atoms with van der Waals surface area (Å²) in [4.78, 5) is 10.0. The number of carbonyl (C=O) groups excluding carboxylic acids is 1. The van der Waals surface area contributed by atoms with Crippen molar-refractivity contribution in [2.24, 2.45) is 0 Å². The fraction of sp³-hybridized carbons (Fsp3) is 0.833. The smallest absolute Gasteiger partial charge is 0.341 e. The van der Waals surface area contributed by atoms with Crippen molar-refractivity contribution in [1.29, 1.82) is 0 Å². The SMILES string of the molecule is O=CC1OCC(OCC(F)(F)F)O1. The third-order valence-corrected chi connectivity index (χ3v) is 1.23. The van der Waals surface area contributed by atoms with Gasteiger partial charge >= 0.3 is 6.18 Å². The van der Waals surface area contributed by atoms with Gasteiger partial charge in [0.2, 0.25) is 6.29 Å². The summed E-state index contributed by atoms with van der Waals surface area (Å²) >= 11 is 0. The summed E-state index contributed by atoms with van der Waals surface area (Å²) in [5, 5.41) is 0. The number of aldehydes is 1. The molecule has 4 nitrogen and oxygen atoms in total. The molecule has 0 aromatic carbocycles. The maximum Gasteiger partial charge on any atom is 0.411 e. The van der Waals surface area contributed by atoms with Crippen LogP contribution in [0.4, 0.5) is 13.2 Å². The van der Waals surface area contributed by atoms with Crippen LogP contribution < -0.4 is 0 Å². The molecular weight excluding hydrogens is 193 g/mol. The second-order valence-electron chi connectivity index (χ2n) is 2.33. The lowest BCUT2D eigenvalue weighted by molar-refractivity contribution is -0.221. The van der Waals surface area contributed by atoms with Crippen LogP contribution in [0.25, 0.3) is 0 Å². The topological polar surface area (TPSA) is 44.8 Å². The van der Waals surface area contributed by atoms with Gasteiger partial charge in [0.25, 0.3) is 0 Å². The highest BCUT2D eigenvalue weighted by molar-refractivity contribution is 5.54. The Morgan fingerprint density at radius 3 is 2.69 bits per heavy atom. The molecule has 2 atom stereocenters. The first-order valence-corrected chi connectivity index (χ1v) is 3.42. The summed E-state index contributed by atoms with van der Waals surface area (Å²) in [6, 6.07) is 0. The minimum Gasteiger partial charge on any atom is -0.341 e. The van der Waals surface area contributed by atoms with Gasteiger partial charge in [0, 0.05) is 0 Å². The zero-order valence-corrected chi connectivity index (χ0v) is 6.41. The highest BCUT2D eigenvalue weighted by atomic mass is 19.4. The van der Waals surface area contributed by atoms with Gasteiger partial charge in [-0.25, -0.2) is 0 Å². The van der Waals surface area contributed by atoms with Crippen LogP contribution in [0.1, 0.15) is 0 Å². The first-order valence-electron chi connectivity index (χ1n) is 3.42. The van der Waals surface area contributed by atoms with E-state index >= 15 is 0 Å². The molecule has 0 aromatic rings. The molecule has 1 fully saturated rings. The molecule has 0 bridgehead atoms. The van der Waals surface area contributed by atoms with Crippen LogP contribution in [0.15, 0.2) is 0 Å². The molecular formula is C6H7F3O4. The van der Waals surface area contributed by atoms with Crippen LogP contribution in [-0.2, 0) is 19.0 Å². The van der Waals surface area contributed by atoms with E-state index in [0.717, 1.165) is 0 Å². The first-order chi connectivity index (χ1) is 6.01. The Morgan fingerprint density at radius 1 is 1.54 bits per heavy atom. The molecule has 0 amide bonds. The van der Waals surface area contributed by atoms with Gasteiger partial charge in [-0.3, -0.25) is 4.79 Å². The predicted octanol–water partition coefficient (Wildman–Crippen LogP) is 0.463. The lowest BCUT2D eigenvalue weighted by Crippen LogP contribution is -2.25. The van der Waals surface area contributed by atoms with E-state index in [2.05, 4.69) is 14.2 Å². The van der Waals surface area contributed by atoms with E-state index in [9.17, 15) is 18.0 Å². The van der Waals surface area contributed by atoms with Gasteiger partial charge in [-0.1, -0.05) is 0 Å². The van der Waals surface area contributed by atoms with E-state index in [4.69, 9.17) is 0 Å². The van der Waals surface area contributed by atoms with Crippen molar-refractivity contribution >= 4 is 6.29 Å². The third-order valence-electron chi connectivity index (χ3n) is 1.23. The van der Waals surface area contributed by atoms with Gasteiger partial charge < -0.3 is 14.2 Å². The second-order valence-corrected chi connectivity index (χ2v) is 2.33. The largest absolute Gasteiger partial charge is 0.411 e. The van der Waals surface area contributed by atoms with Crippen LogP contribution in [0.5, 0.6) is 0 Å². The van der Waals surface area contributed by atoms with Gasteiger partial charge in [0.15, 0.2) is 12.6 Å². The Kier molecular flexibility index (Phi) is 3.23. The summed E-state index contributed by atoms with van der Waals surface area (Å²) in [6.07, 6.45) is -6.28. The van der Waals surface area contributed by atoms with Crippen molar-refractivity contribution in [3.8, 4) is 0 Å². The van der Waals surface area contributed by atoms with Gasteiger partial charge in [-0.2, -0.15) is 13.2 Å². The van der Waals surface area contributed by atoms with Crippen LogP contribution in [-0.4, -0.2) is 38.3 Å². The van der Waals surface area contributed by atoms with Crippen LogP contribution in [0.2, 0.25) is 0 Å². The number of hydrogen-bond acceptors (Lipinski definition) is 4. The minimum atomic E-state index is -4.40. The van der Waals surface area contributed by atoms with Crippen molar-refractivity contribution < 1.29 is 32.2 Å². The molecule has 0 saturated carbocycles. The number of alkyl halides is 3. The summed E-state index contributed by atoms with van der Waals surface area (Å²) in [5.74, 6) is 0. The molecule has 13 heavy (non-hydrogen) atoms. The van der Waals surface area contributed by atoms with E-state index in [1.807, 2.05) is 0 Å². The Bertz CT molecular complexity index is 181. The molecule has 76 valence electrons. The number of rotatable bonds is 3. The fourth-order valence-electron chi connectivity index (χ4n) is 0.748. The average molecular weight is 200 g/mol. The molecule has 1 aliphatic rings. The predicted molar refractivity (Wildman–Crippen MR) is 32.7 cm³/mol. The first kappa shape index (κ1) is 10.4. The van der Waals surface area contributed by atoms with E-state index in [0.29, 0.717) is 6.29 Å². The maximum atomic E-state index is 11.6. The highest BCUT2D eigenvalue weighted by Crippen LogP contribution is 2.18. The standard InChI is InChI=1S/C6H7F3O4/c7-6(8,9)3-12-5-2-11-4(1-10)13-5/h1,4-5H,2-3H2. The van der Waals surface area contributed by atoms with Crippen LogP contribution in [0.3, 0.4) is 0 Å². The number of ether oxygens (including phenoxy) is 3. The quantitative estimate of drug-likeness (QED) is 0.621. The third kappa shape index (κ3) is 3.71. The fourth-order valence-corrected chi connectivity index (χ4v) is 0.748. The molecule has 1 aliphatic heterocycles. The molecule has 0 N–H and O–H groups in total. The zero-order chi connectivity index (χ0) is 9.90. The van der Waals surface area contributed by atoms with Crippen molar-refractivity contribution in [3.05, 3.63) is 0 Å². The Labute approximate surface area is 71.6 Å². The van der Waals surface area contributed by atoms with Crippen molar-refractivity contribution in [3.63, 3.8) is 0 Å². The molecule has 0 aromatic heterocycles. The molecule has 7 heteroatoms. The summed E-state index contributed by atoms with van der Waals surface area (Å²) in [6.45, 7) is -1.58. The van der Waals surface area contributed by atoms with E-state index in [1.54, 1.807) is 0 Å². The molecule has 1 saturated heterocycles. The van der Waals surface area contributed by atoms with Gasteiger partial charge in [-0.15, -0.1) is 0 Å². The monoisotopic (exact) mass is 200 g/mol. The molecule has 0 aliphatic carbocycles. The van der Waals surface area contributed by atoms with Crippen LogP contribution in [0, 0.1) is 0 Å². The Balaban J connectivity index is 2.21. The number of carbonyl (C=O) groups is 1. The van der Waals surface area contributed by atoms with E-state index < -0.39 is 25.4 Å². The van der Waals surface area contributed by atoms with Gasteiger partial charge in [0.1, 0.15) is 13.2 Å². The summed E-state index contributed by atoms with van der Waals surface area (Å²) < 4.78 is 48.3.